The first-order valence-electron chi connectivity index (χ1n) is 7.31. The molecular formula is C15H24N2O3S. The second-order valence-electron chi connectivity index (χ2n) is 5.81. The van der Waals surface area contributed by atoms with Gasteiger partial charge in [0.05, 0.1) is 11.0 Å². The van der Waals surface area contributed by atoms with E-state index in [0.29, 0.717) is 24.5 Å². The van der Waals surface area contributed by atoms with Crippen molar-refractivity contribution in [3.8, 4) is 5.75 Å². The molecule has 1 N–H and O–H groups in total. The van der Waals surface area contributed by atoms with Crippen LogP contribution in [0.4, 0.5) is 0 Å². The SMILES string of the molecule is Cc1cc(S(=O)(=O)N2CCN[C@H](C)C2)ccc1OC(C)C. The minimum atomic E-state index is -3.42. The van der Waals surface area contributed by atoms with Crippen LogP contribution < -0.4 is 10.1 Å². The third-order valence-electron chi connectivity index (χ3n) is 3.48. The van der Waals surface area contributed by atoms with Crippen molar-refractivity contribution in [1.82, 2.24) is 9.62 Å². The van der Waals surface area contributed by atoms with Gasteiger partial charge in [-0.2, -0.15) is 4.31 Å². The van der Waals surface area contributed by atoms with Crippen LogP contribution in [0.1, 0.15) is 26.3 Å². The highest BCUT2D eigenvalue weighted by molar-refractivity contribution is 7.89. The Hall–Kier alpha value is -1.11. The molecule has 0 saturated carbocycles. The molecular weight excluding hydrogens is 288 g/mol. The van der Waals surface area contributed by atoms with Gasteiger partial charge in [-0.1, -0.05) is 0 Å². The summed E-state index contributed by atoms with van der Waals surface area (Å²) in [5.41, 5.74) is 0.841. The molecule has 1 fully saturated rings. The van der Waals surface area contributed by atoms with Gasteiger partial charge in [0.2, 0.25) is 10.0 Å². The van der Waals surface area contributed by atoms with Crippen LogP contribution in [0.15, 0.2) is 23.1 Å². The molecule has 1 heterocycles. The molecule has 0 spiro atoms. The summed E-state index contributed by atoms with van der Waals surface area (Å²) in [4.78, 5) is 0.338. The standard InChI is InChI=1S/C15H24N2O3S/c1-11(2)20-15-6-5-14(9-12(15)3)21(18,19)17-8-7-16-13(4)10-17/h5-6,9,11,13,16H,7-8,10H2,1-4H3/t13-/m1/s1. The molecule has 0 bridgehead atoms. The lowest BCUT2D eigenvalue weighted by atomic mass is 10.2. The monoisotopic (exact) mass is 312 g/mol. The van der Waals surface area contributed by atoms with E-state index in [2.05, 4.69) is 5.32 Å². The van der Waals surface area contributed by atoms with Crippen LogP contribution in [0.3, 0.4) is 0 Å². The summed E-state index contributed by atoms with van der Waals surface area (Å²) < 4.78 is 32.6. The third kappa shape index (κ3) is 3.75. The minimum absolute atomic E-state index is 0.0696. The number of nitrogens with one attached hydrogen (secondary N) is 1. The van der Waals surface area contributed by atoms with Crippen molar-refractivity contribution < 1.29 is 13.2 Å². The summed E-state index contributed by atoms with van der Waals surface area (Å²) in [6, 6.07) is 5.25. The molecule has 0 aromatic heterocycles. The highest BCUT2D eigenvalue weighted by Gasteiger charge is 2.28. The van der Waals surface area contributed by atoms with E-state index >= 15 is 0 Å². The van der Waals surface area contributed by atoms with E-state index in [9.17, 15) is 8.42 Å². The molecule has 5 nitrogen and oxygen atoms in total. The zero-order valence-electron chi connectivity index (χ0n) is 13.1. The maximum atomic E-state index is 12.7. The molecule has 1 aromatic carbocycles. The Morgan fingerprint density at radius 1 is 1.38 bits per heavy atom. The Morgan fingerprint density at radius 2 is 2.10 bits per heavy atom. The van der Waals surface area contributed by atoms with Crippen molar-refractivity contribution in [2.45, 2.75) is 44.7 Å². The number of aryl methyl sites for hydroxylation is 1. The molecule has 1 atom stereocenters. The van der Waals surface area contributed by atoms with Gasteiger partial charge in [0.1, 0.15) is 5.75 Å². The Morgan fingerprint density at radius 3 is 2.67 bits per heavy atom. The molecule has 0 radical (unpaired) electrons. The highest BCUT2D eigenvalue weighted by Crippen LogP contribution is 2.25. The van der Waals surface area contributed by atoms with Crippen molar-refractivity contribution in [3.05, 3.63) is 23.8 Å². The number of nitrogens with zero attached hydrogens (tertiary/aromatic N) is 1. The quantitative estimate of drug-likeness (QED) is 0.920. The molecule has 6 heteroatoms. The number of ether oxygens (including phenoxy) is 1. The Bertz CT molecular complexity index is 599. The average Bonchev–Trinajstić information content (AvgIpc) is 2.40. The van der Waals surface area contributed by atoms with Crippen LogP contribution in [-0.4, -0.2) is 44.5 Å². The first-order chi connectivity index (χ1) is 9.80. The first kappa shape index (κ1) is 16.3. The molecule has 1 saturated heterocycles. The molecule has 0 aliphatic carbocycles. The summed E-state index contributed by atoms with van der Waals surface area (Å²) in [7, 11) is -3.42. The number of sulfonamides is 1. The first-order valence-corrected chi connectivity index (χ1v) is 8.75. The summed E-state index contributed by atoms with van der Waals surface area (Å²) >= 11 is 0. The fourth-order valence-electron chi connectivity index (χ4n) is 2.43. The molecule has 1 aliphatic heterocycles. The molecule has 21 heavy (non-hydrogen) atoms. The van der Waals surface area contributed by atoms with Gasteiger partial charge in [-0.15, -0.1) is 0 Å². The predicted molar refractivity (Wildman–Crippen MR) is 83.2 cm³/mol. The van der Waals surface area contributed by atoms with Crippen LogP contribution in [-0.2, 0) is 10.0 Å². The van der Waals surface area contributed by atoms with E-state index in [1.54, 1.807) is 22.5 Å². The van der Waals surface area contributed by atoms with Crippen LogP contribution >= 0.6 is 0 Å². The second kappa shape index (κ2) is 6.34. The Kier molecular flexibility index (Phi) is 4.91. The lowest BCUT2D eigenvalue weighted by Gasteiger charge is -2.31. The van der Waals surface area contributed by atoms with Gasteiger partial charge in [0.25, 0.3) is 0 Å². The lowest BCUT2D eigenvalue weighted by molar-refractivity contribution is 0.240. The molecule has 1 aliphatic rings. The Labute approximate surface area is 127 Å². The second-order valence-corrected chi connectivity index (χ2v) is 7.75. The summed E-state index contributed by atoms with van der Waals surface area (Å²) in [6.07, 6.45) is 0.0696. The Balaban J connectivity index is 2.26. The van der Waals surface area contributed by atoms with E-state index in [-0.39, 0.29) is 12.1 Å². The van der Waals surface area contributed by atoms with Crippen molar-refractivity contribution in [2.24, 2.45) is 0 Å². The topological polar surface area (TPSA) is 58.6 Å². The minimum Gasteiger partial charge on any atom is -0.491 e. The zero-order chi connectivity index (χ0) is 15.6. The van der Waals surface area contributed by atoms with Crippen molar-refractivity contribution in [1.29, 1.82) is 0 Å². The molecule has 0 amide bonds. The van der Waals surface area contributed by atoms with Gasteiger partial charge in [-0.25, -0.2) is 8.42 Å². The van der Waals surface area contributed by atoms with E-state index < -0.39 is 10.0 Å². The largest absolute Gasteiger partial charge is 0.491 e. The molecule has 0 unspecified atom stereocenters. The van der Waals surface area contributed by atoms with Gasteiger partial charge < -0.3 is 10.1 Å². The molecule has 118 valence electrons. The maximum Gasteiger partial charge on any atom is 0.243 e. The number of hydrogen-bond acceptors (Lipinski definition) is 4. The van der Waals surface area contributed by atoms with Gasteiger partial charge in [0.15, 0.2) is 0 Å². The zero-order valence-corrected chi connectivity index (χ0v) is 13.9. The van der Waals surface area contributed by atoms with E-state index in [0.717, 1.165) is 11.3 Å². The van der Waals surface area contributed by atoms with E-state index in [1.807, 2.05) is 27.7 Å². The predicted octanol–water partition coefficient (Wildman–Crippen LogP) is 1.76. The van der Waals surface area contributed by atoms with Gasteiger partial charge in [-0.3, -0.25) is 0 Å². The van der Waals surface area contributed by atoms with E-state index in [1.165, 1.54) is 0 Å². The number of piperazine rings is 1. The van der Waals surface area contributed by atoms with Crippen LogP contribution in [0, 0.1) is 6.92 Å². The van der Waals surface area contributed by atoms with E-state index in [4.69, 9.17) is 4.74 Å². The van der Waals surface area contributed by atoms with Crippen LogP contribution in [0.2, 0.25) is 0 Å². The van der Waals surface area contributed by atoms with Gasteiger partial charge >= 0.3 is 0 Å². The summed E-state index contributed by atoms with van der Waals surface area (Å²) in [5.74, 6) is 0.734. The number of benzene rings is 1. The van der Waals surface area contributed by atoms with Crippen molar-refractivity contribution in [3.63, 3.8) is 0 Å². The van der Waals surface area contributed by atoms with Crippen LogP contribution in [0.5, 0.6) is 5.75 Å². The fourth-order valence-corrected chi connectivity index (χ4v) is 4.05. The summed E-state index contributed by atoms with van der Waals surface area (Å²) in [5, 5.41) is 3.25. The van der Waals surface area contributed by atoms with Crippen LogP contribution in [0.25, 0.3) is 0 Å². The number of rotatable bonds is 4. The van der Waals surface area contributed by atoms with Crippen molar-refractivity contribution >= 4 is 10.0 Å². The number of hydrogen-bond donors (Lipinski definition) is 1. The molecule has 1 aromatic rings. The average molecular weight is 312 g/mol. The van der Waals surface area contributed by atoms with Gasteiger partial charge in [-0.05, 0) is 51.5 Å². The molecule has 2 rings (SSSR count). The normalized spacial score (nSPS) is 20.7. The summed E-state index contributed by atoms with van der Waals surface area (Å²) in [6.45, 7) is 9.47. The third-order valence-corrected chi connectivity index (χ3v) is 5.34. The highest BCUT2D eigenvalue weighted by atomic mass is 32.2. The maximum absolute atomic E-state index is 12.7. The smallest absolute Gasteiger partial charge is 0.243 e. The fraction of sp³-hybridized carbons (Fsp3) is 0.600. The van der Waals surface area contributed by atoms with Crippen molar-refractivity contribution in [2.75, 3.05) is 19.6 Å². The lowest BCUT2D eigenvalue weighted by Crippen LogP contribution is -2.51. The van der Waals surface area contributed by atoms with Gasteiger partial charge in [0, 0.05) is 25.7 Å².